The summed E-state index contributed by atoms with van der Waals surface area (Å²) < 4.78 is 15.2. The van der Waals surface area contributed by atoms with Gasteiger partial charge in [0.25, 0.3) is 0 Å². The van der Waals surface area contributed by atoms with Crippen molar-refractivity contribution in [2.75, 3.05) is 13.2 Å². The molecule has 1 aliphatic heterocycles. The van der Waals surface area contributed by atoms with E-state index in [9.17, 15) is 0 Å². The van der Waals surface area contributed by atoms with Gasteiger partial charge in [0.2, 0.25) is 0 Å². The second-order valence-electron chi connectivity index (χ2n) is 13.5. The van der Waals surface area contributed by atoms with Gasteiger partial charge in [0.15, 0.2) is 0 Å². The van der Waals surface area contributed by atoms with E-state index in [1.807, 2.05) is 6.92 Å². The Balaban J connectivity index is 1.30. The molecule has 3 aromatic heterocycles. The van der Waals surface area contributed by atoms with Crippen LogP contribution in [-0.2, 0) is 22.7 Å². The molecule has 1 fully saturated rings. The monoisotopic (exact) mass is 962 g/mol. The summed E-state index contributed by atoms with van der Waals surface area (Å²) in [6.07, 6.45) is 11.0. The molecule has 1 aliphatic rings. The number of hydrogen-bond acceptors (Lipinski definition) is 6. The molecule has 7 aromatic rings. The van der Waals surface area contributed by atoms with Gasteiger partial charge < -0.3 is 0 Å². The first kappa shape index (κ1) is 38.1. The van der Waals surface area contributed by atoms with Crippen molar-refractivity contribution >= 4 is 69.0 Å². The molecule has 0 unspecified atom stereocenters. The number of benzene rings is 4. The Labute approximate surface area is 346 Å². The number of hydrogen-bond donors (Lipinski definition) is 0. The Morgan fingerprint density at radius 2 is 1.21 bits per heavy atom. The number of fused-ring (bicyclic) bond motifs is 1. The van der Waals surface area contributed by atoms with Gasteiger partial charge >= 0.3 is 297 Å². The number of thiophene rings is 2. The number of aromatic nitrogens is 2. The molecule has 8 rings (SSSR count). The second kappa shape index (κ2) is 16.7. The van der Waals surface area contributed by atoms with Gasteiger partial charge in [0.05, 0.1) is 0 Å². The van der Waals surface area contributed by atoms with Gasteiger partial charge in [-0.05, 0) is 25.1 Å². The molecular weight excluding hydrogens is 922 g/mol. The molecule has 0 bridgehead atoms. The van der Waals surface area contributed by atoms with Crippen LogP contribution in [0.5, 0.6) is 0 Å². The molecule has 0 amide bonds. The van der Waals surface area contributed by atoms with Gasteiger partial charge in [-0.2, -0.15) is 0 Å². The van der Waals surface area contributed by atoms with Crippen LogP contribution in [-0.4, -0.2) is 23.5 Å². The Kier molecular flexibility index (Phi) is 11.4. The van der Waals surface area contributed by atoms with E-state index in [1.54, 1.807) is 40.6 Å². The van der Waals surface area contributed by atoms with Crippen LogP contribution in [0.4, 0.5) is 0 Å². The summed E-state index contributed by atoms with van der Waals surface area (Å²) in [6.45, 7) is 11.8. The molecule has 56 heavy (non-hydrogen) atoms. The summed E-state index contributed by atoms with van der Waals surface area (Å²) in [4.78, 5) is 4.60. The fourth-order valence-electron chi connectivity index (χ4n) is 7.44. The predicted octanol–water partition coefficient (Wildman–Crippen LogP) is 11.6. The average molecular weight is 961 g/mol. The van der Waals surface area contributed by atoms with Crippen molar-refractivity contribution in [1.82, 2.24) is 10.3 Å². The predicted molar refractivity (Wildman–Crippen MR) is 236 cm³/mol. The summed E-state index contributed by atoms with van der Waals surface area (Å²) in [7, 11) is -2.44. The number of rotatable bonds is 10. The summed E-state index contributed by atoms with van der Waals surface area (Å²) in [5.41, 5.74) is 9.29. The van der Waals surface area contributed by atoms with Crippen molar-refractivity contribution in [3.63, 3.8) is 0 Å². The van der Waals surface area contributed by atoms with E-state index in [1.165, 1.54) is 37.2 Å². The third kappa shape index (κ3) is 7.06. The third-order valence-corrected chi connectivity index (χ3v) is 17.8. The first-order valence-corrected chi connectivity index (χ1v) is 23.0. The fraction of sp³-hybridized carbons (Fsp3) is 0.104. The van der Waals surface area contributed by atoms with Crippen LogP contribution < -0.4 is 15.9 Å². The topological polar surface area (TPSA) is 48.2 Å². The minimum atomic E-state index is -2.44. The quantitative estimate of drug-likeness (QED) is 0.101. The Bertz CT molecular complexity index is 2630. The molecule has 0 spiro atoms. The van der Waals surface area contributed by atoms with Crippen LogP contribution in [0, 0.1) is 18.2 Å². The molecule has 0 radical (unpaired) electrons. The van der Waals surface area contributed by atoms with E-state index in [0.717, 1.165) is 53.5 Å². The number of allylic oxidation sites excluding steroid dienone is 5. The van der Waals surface area contributed by atoms with E-state index in [2.05, 4.69) is 181 Å². The molecule has 277 valence electrons. The van der Waals surface area contributed by atoms with Gasteiger partial charge in [-0.3, -0.25) is 0 Å². The van der Waals surface area contributed by atoms with Crippen LogP contribution in [0.25, 0.3) is 44.1 Å². The van der Waals surface area contributed by atoms with Crippen molar-refractivity contribution < 1.29 is 27.3 Å². The third-order valence-electron chi connectivity index (χ3n) is 10.2. The maximum atomic E-state index is 5.89. The summed E-state index contributed by atoms with van der Waals surface area (Å²) in [5, 5.41) is 13.9. The first-order chi connectivity index (χ1) is 27.4. The van der Waals surface area contributed by atoms with Crippen LogP contribution in [0.1, 0.15) is 27.8 Å². The van der Waals surface area contributed by atoms with Crippen LogP contribution in [0.2, 0.25) is 0 Å². The first-order valence-electron chi connectivity index (χ1n) is 18.3. The molecule has 0 saturated carbocycles. The van der Waals surface area contributed by atoms with Gasteiger partial charge in [-0.25, -0.2) is 0 Å². The molecule has 4 nitrogen and oxygen atoms in total. The Morgan fingerprint density at radius 1 is 0.714 bits per heavy atom. The van der Waals surface area contributed by atoms with Gasteiger partial charge in [0.1, 0.15) is 0 Å². The molecule has 8 heteroatoms. The second-order valence-corrected chi connectivity index (χ2v) is 19.7. The zero-order valence-electron chi connectivity index (χ0n) is 31.3. The molecule has 1 saturated heterocycles. The zero-order valence-corrected chi connectivity index (χ0v) is 36.4. The van der Waals surface area contributed by atoms with Crippen LogP contribution in [0.15, 0.2) is 167 Å². The number of ether oxygens (including phenoxy) is 1. The summed E-state index contributed by atoms with van der Waals surface area (Å²) >= 11 is 5.29. The van der Waals surface area contributed by atoms with Crippen molar-refractivity contribution in [2.45, 2.75) is 20.8 Å². The fourth-order valence-corrected chi connectivity index (χ4v) is 15.4. The standard InChI is InChI=1S/C48H39N2O2PS2.Os/c1-6-16-41-25-27-43(54-41)45-33(3)34(4)46(48-47(45)49-52-50-48)44-28-26-42(55-44)24-23-36(29-37-31-51-30-32(37)2)35(5)53(38-17-10-7-11-18-38,39-19-12-8-13-20-39)40-21-14-9-15-22-40;/h6-29H,2,30-31H2,1,3-4H3;/q+1;/b16-6+,24-23+,36-35?,37-29?;. The molecule has 0 aliphatic carbocycles. The summed E-state index contributed by atoms with van der Waals surface area (Å²) in [5.74, 6) is 0. The molecular formula is C48H39N2O2OsPS2+. The van der Waals surface area contributed by atoms with Gasteiger partial charge in [0, 0.05) is 9.75 Å². The maximum absolute atomic E-state index is 5.89. The van der Waals surface area contributed by atoms with Crippen LogP contribution in [0.3, 0.4) is 0 Å². The minimum absolute atomic E-state index is 0.532. The normalized spacial score (nSPS) is 14.7. The van der Waals surface area contributed by atoms with Crippen molar-refractivity contribution in [1.29, 1.82) is 0 Å². The molecule has 0 N–H and O–H groups in total. The average Bonchev–Trinajstić information content (AvgIpc) is 4.07. The van der Waals surface area contributed by atoms with E-state index in [0.29, 0.717) is 13.2 Å². The van der Waals surface area contributed by atoms with Crippen LogP contribution >= 0.6 is 29.9 Å². The molecule has 4 aromatic carbocycles. The van der Waals surface area contributed by atoms with E-state index < -0.39 is 7.26 Å². The van der Waals surface area contributed by atoms with Crippen molar-refractivity contribution in [3.05, 3.63) is 183 Å². The zero-order chi connectivity index (χ0) is 38.6. The Hall–Kier alpha value is -4.81. The molecule has 0 atom stereocenters. The van der Waals surface area contributed by atoms with Crippen molar-refractivity contribution in [3.8, 4) is 25.3 Å². The van der Waals surface area contributed by atoms with E-state index >= 15 is 0 Å². The van der Waals surface area contributed by atoms with Gasteiger partial charge in [-0.15, -0.1) is 11.3 Å². The van der Waals surface area contributed by atoms with Gasteiger partial charge in [-0.1, -0.05) is 6.08 Å². The number of nitrogens with zero attached hydrogens (tertiary/aromatic N) is 2. The Morgan fingerprint density at radius 3 is 1.66 bits per heavy atom. The molecule has 4 heterocycles. The summed E-state index contributed by atoms with van der Waals surface area (Å²) in [6, 6.07) is 41.6. The van der Waals surface area contributed by atoms with E-state index in [4.69, 9.17) is 9.37 Å². The van der Waals surface area contributed by atoms with Crippen molar-refractivity contribution in [2.24, 2.45) is 0 Å². The van der Waals surface area contributed by atoms with E-state index in [-0.39, 0.29) is 0 Å². The SMILES string of the molecule is C=C1COCC1=CC(/C=C/c1ccc(-c2c(C)c(C)c(-c3ccc(/C=C/C)s3)c3nonc23)s1)=C([C]#[Os])[P+](c1ccccc1)(c1ccccc1)c1ccccc1.